The standard InChI is InChI=1S/C15H11BrO/c16-14-9-10-5-1-2-6-11(10)15(17)13-8-4-3-7-12(13)14/h1-9,15,17H/t15-/m1/s1. The summed E-state index contributed by atoms with van der Waals surface area (Å²) in [6.07, 6.45) is 1.50. The number of halogens is 1. The summed E-state index contributed by atoms with van der Waals surface area (Å²) in [7, 11) is 0. The van der Waals surface area contributed by atoms with E-state index in [9.17, 15) is 5.11 Å². The number of rotatable bonds is 0. The van der Waals surface area contributed by atoms with Gasteiger partial charge in [-0.15, -0.1) is 0 Å². The molecule has 84 valence electrons. The molecule has 0 saturated heterocycles. The van der Waals surface area contributed by atoms with Crippen LogP contribution in [0.15, 0.2) is 48.5 Å². The lowest BCUT2D eigenvalue weighted by molar-refractivity contribution is 0.220. The zero-order chi connectivity index (χ0) is 11.8. The van der Waals surface area contributed by atoms with Crippen molar-refractivity contribution in [3.63, 3.8) is 0 Å². The van der Waals surface area contributed by atoms with Gasteiger partial charge >= 0.3 is 0 Å². The molecule has 0 heterocycles. The molecule has 2 aromatic carbocycles. The molecule has 0 fully saturated rings. The maximum Gasteiger partial charge on any atom is 0.105 e. The van der Waals surface area contributed by atoms with Crippen LogP contribution in [0, 0.1) is 0 Å². The zero-order valence-electron chi connectivity index (χ0n) is 9.10. The topological polar surface area (TPSA) is 20.2 Å². The molecular formula is C15H11BrO. The average molecular weight is 287 g/mol. The van der Waals surface area contributed by atoms with Crippen LogP contribution < -0.4 is 0 Å². The van der Waals surface area contributed by atoms with Crippen molar-refractivity contribution in [1.29, 1.82) is 0 Å². The second-order valence-corrected chi connectivity index (χ2v) is 4.97. The first-order valence-electron chi connectivity index (χ1n) is 5.51. The summed E-state index contributed by atoms with van der Waals surface area (Å²) in [5.41, 5.74) is 4.01. The first-order chi connectivity index (χ1) is 8.27. The number of hydrogen-bond acceptors (Lipinski definition) is 1. The summed E-state index contributed by atoms with van der Waals surface area (Å²) in [6.45, 7) is 0. The Bertz CT molecular complexity index is 601. The molecule has 1 aliphatic rings. The molecule has 0 unspecified atom stereocenters. The molecule has 1 nitrogen and oxygen atoms in total. The molecule has 2 heteroatoms. The zero-order valence-corrected chi connectivity index (χ0v) is 10.7. The van der Waals surface area contributed by atoms with Gasteiger partial charge in [-0.2, -0.15) is 0 Å². The highest BCUT2D eigenvalue weighted by molar-refractivity contribution is 9.15. The Hall–Kier alpha value is -1.38. The van der Waals surface area contributed by atoms with Gasteiger partial charge in [0.05, 0.1) is 0 Å². The van der Waals surface area contributed by atoms with Crippen molar-refractivity contribution >= 4 is 26.5 Å². The highest BCUT2D eigenvalue weighted by Crippen LogP contribution is 2.38. The Morgan fingerprint density at radius 1 is 0.882 bits per heavy atom. The second kappa shape index (κ2) is 4.13. The first kappa shape index (κ1) is 10.8. The van der Waals surface area contributed by atoms with Crippen molar-refractivity contribution in [2.24, 2.45) is 0 Å². The number of aliphatic hydroxyl groups is 1. The molecule has 17 heavy (non-hydrogen) atoms. The Balaban J connectivity index is 2.32. The molecule has 2 aromatic rings. The first-order valence-corrected chi connectivity index (χ1v) is 6.30. The second-order valence-electron chi connectivity index (χ2n) is 4.11. The minimum absolute atomic E-state index is 0.561. The monoisotopic (exact) mass is 286 g/mol. The molecule has 0 bridgehead atoms. The van der Waals surface area contributed by atoms with Crippen LogP contribution in [0.2, 0.25) is 0 Å². The third-order valence-corrected chi connectivity index (χ3v) is 3.74. The van der Waals surface area contributed by atoms with E-state index in [-0.39, 0.29) is 0 Å². The molecule has 0 saturated carbocycles. The van der Waals surface area contributed by atoms with Crippen LogP contribution in [0.1, 0.15) is 28.4 Å². The van der Waals surface area contributed by atoms with E-state index in [1.165, 1.54) is 0 Å². The molecule has 0 aliphatic heterocycles. The average Bonchev–Trinajstić information content (AvgIpc) is 2.48. The Labute approximate surface area is 109 Å². The fourth-order valence-electron chi connectivity index (χ4n) is 2.23. The predicted molar refractivity (Wildman–Crippen MR) is 73.7 cm³/mol. The van der Waals surface area contributed by atoms with Crippen LogP contribution in [0.3, 0.4) is 0 Å². The summed E-state index contributed by atoms with van der Waals surface area (Å²) >= 11 is 3.58. The number of fused-ring (bicyclic) bond motifs is 2. The molecule has 0 radical (unpaired) electrons. The van der Waals surface area contributed by atoms with Gasteiger partial charge < -0.3 is 5.11 Å². The largest absolute Gasteiger partial charge is 0.384 e. The van der Waals surface area contributed by atoms with Crippen LogP contribution in [0.5, 0.6) is 0 Å². The Morgan fingerprint density at radius 3 is 2.35 bits per heavy atom. The van der Waals surface area contributed by atoms with E-state index in [1.54, 1.807) is 0 Å². The van der Waals surface area contributed by atoms with Crippen LogP contribution >= 0.6 is 15.9 Å². The molecule has 1 aliphatic carbocycles. The van der Waals surface area contributed by atoms with Crippen molar-refractivity contribution < 1.29 is 5.11 Å². The van der Waals surface area contributed by atoms with Gasteiger partial charge in [-0.1, -0.05) is 64.5 Å². The number of benzene rings is 2. The highest BCUT2D eigenvalue weighted by Gasteiger charge is 2.20. The fraction of sp³-hybridized carbons (Fsp3) is 0.0667. The van der Waals surface area contributed by atoms with Gasteiger partial charge in [-0.3, -0.25) is 0 Å². The Kier molecular flexibility index (Phi) is 2.61. The minimum atomic E-state index is -0.561. The minimum Gasteiger partial charge on any atom is -0.384 e. The van der Waals surface area contributed by atoms with Crippen molar-refractivity contribution in [3.05, 3.63) is 70.8 Å². The third-order valence-electron chi connectivity index (χ3n) is 3.09. The van der Waals surface area contributed by atoms with Crippen molar-refractivity contribution in [2.75, 3.05) is 0 Å². The Morgan fingerprint density at radius 2 is 1.53 bits per heavy atom. The molecule has 0 amide bonds. The van der Waals surface area contributed by atoms with Crippen molar-refractivity contribution in [1.82, 2.24) is 0 Å². The van der Waals surface area contributed by atoms with Crippen LogP contribution in [0.4, 0.5) is 0 Å². The van der Waals surface area contributed by atoms with E-state index in [0.29, 0.717) is 0 Å². The van der Waals surface area contributed by atoms with Crippen LogP contribution in [-0.4, -0.2) is 5.11 Å². The van der Waals surface area contributed by atoms with Gasteiger partial charge in [0.2, 0.25) is 0 Å². The maximum atomic E-state index is 10.5. The highest BCUT2D eigenvalue weighted by atomic mass is 79.9. The van der Waals surface area contributed by atoms with E-state index in [0.717, 1.165) is 26.7 Å². The summed E-state index contributed by atoms with van der Waals surface area (Å²) in [6, 6.07) is 15.9. The lowest BCUT2D eigenvalue weighted by atomic mass is 9.97. The quantitative estimate of drug-likeness (QED) is 0.777. The van der Waals surface area contributed by atoms with Crippen molar-refractivity contribution in [2.45, 2.75) is 6.10 Å². The fourth-order valence-corrected chi connectivity index (χ4v) is 2.83. The van der Waals surface area contributed by atoms with E-state index in [4.69, 9.17) is 0 Å². The number of hydrogen-bond donors (Lipinski definition) is 1. The van der Waals surface area contributed by atoms with E-state index in [1.807, 2.05) is 48.5 Å². The molecular weight excluding hydrogens is 276 g/mol. The lowest BCUT2D eigenvalue weighted by Gasteiger charge is -2.14. The summed E-state index contributed by atoms with van der Waals surface area (Å²) in [5, 5.41) is 10.5. The lowest BCUT2D eigenvalue weighted by Crippen LogP contribution is -2.02. The SMILES string of the molecule is O[C@@H]1c2ccccc2C=C(Br)c2ccccc21. The van der Waals surface area contributed by atoms with E-state index in [2.05, 4.69) is 22.0 Å². The van der Waals surface area contributed by atoms with Crippen LogP contribution in [0.25, 0.3) is 10.6 Å². The van der Waals surface area contributed by atoms with Gasteiger partial charge in [0, 0.05) is 4.48 Å². The normalized spacial score (nSPS) is 17.8. The predicted octanol–water partition coefficient (Wildman–Crippen LogP) is 3.97. The maximum absolute atomic E-state index is 10.5. The van der Waals surface area contributed by atoms with Gasteiger partial charge in [0.15, 0.2) is 0 Å². The molecule has 1 atom stereocenters. The number of aliphatic hydroxyl groups excluding tert-OH is 1. The van der Waals surface area contributed by atoms with Gasteiger partial charge in [-0.25, -0.2) is 0 Å². The van der Waals surface area contributed by atoms with Crippen molar-refractivity contribution in [3.8, 4) is 0 Å². The van der Waals surface area contributed by atoms with E-state index >= 15 is 0 Å². The summed E-state index contributed by atoms with van der Waals surface area (Å²) in [5.74, 6) is 0. The van der Waals surface area contributed by atoms with Crippen LogP contribution in [-0.2, 0) is 0 Å². The van der Waals surface area contributed by atoms with Gasteiger partial charge in [0.25, 0.3) is 0 Å². The summed E-state index contributed by atoms with van der Waals surface area (Å²) < 4.78 is 1.01. The third kappa shape index (κ3) is 1.74. The smallest absolute Gasteiger partial charge is 0.105 e. The molecule has 0 aromatic heterocycles. The molecule has 1 N–H and O–H groups in total. The van der Waals surface area contributed by atoms with Gasteiger partial charge in [0.1, 0.15) is 6.10 Å². The van der Waals surface area contributed by atoms with E-state index < -0.39 is 6.10 Å². The van der Waals surface area contributed by atoms with Gasteiger partial charge in [-0.05, 0) is 28.3 Å². The molecule has 0 spiro atoms. The summed E-state index contributed by atoms with van der Waals surface area (Å²) in [4.78, 5) is 0. The molecule has 3 rings (SSSR count).